The van der Waals surface area contributed by atoms with Gasteiger partial charge in [0.15, 0.2) is 0 Å². The molecule has 1 fully saturated rings. The molecule has 0 aliphatic carbocycles. The highest BCUT2D eigenvalue weighted by Gasteiger charge is 2.23. The number of anilines is 2. The van der Waals surface area contributed by atoms with Gasteiger partial charge in [0.2, 0.25) is 10.0 Å². The molecule has 1 aliphatic heterocycles. The predicted molar refractivity (Wildman–Crippen MR) is 67.2 cm³/mol. The van der Waals surface area contributed by atoms with Crippen LogP contribution in [0.1, 0.15) is 12.8 Å². The first-order chi connectivity index (χ1) is 8.46. The van der Waals surface area contributed by atoms with E-state index in [0.29, 0.717) is 13.0 Å². The second kappa shape index (κ2) is 5.11. The fourth-order valence-electron chi connectivity index (χ4n) is 1.84. The molecule has 1 heterocycles. The molecule has 1 aliphatic rings. The van der Waals surface area contributed by atoms with Crippen LogP contribution < -0.4 is 10.5 Å². The van der Waals surface area contributed by atoms with Crippen molar-refractivity contribution >= 4 is 21.4 Å². The average molecular weight is 274 g/mol. The van der Waals surface area contributed by atoms with Crippen LogP contribution in [-0.2, 0) is 14.8 Å². The van der Waals surface area contributed by atoms with E-state index in [9.17, 15) is 12.8 Å². The first-order valence-corrected chi connectivity index (χ1v) is 7.28. The van der Waals surface area contributed by atoms with Gasteiger partial charge in [0.05, 0.1) is 17.5 Å². The molecule has 1 atom stereocenters. The molecule has 7 heteroatoms. The molecule has 0 bridgehead atoms. The molecule has 5 nitrogen and oxygen atoms in total. The van der Waals surface area contributed by atoms with Gasteiger partial charge in [-0.25, -0.2) is 12.8 Å². The maximum atomic E-state index is 13.5. The summed E-state index contributed by atoms with van der Waals surface area (Å²) >= 11 is 0. The normalized spacial score (nSPS) is 19.9. The molecule has 3 N–H and O–H groups in total. The van der Waals surface area contributed by atoms with Crippen LogP contribution in [0.4, 0.5) is 15.8 Å². The van der Waals surface area contributed by atoms with E-state index in [1.54, 1.807) is 0 Å². The first kappa shape index (κ1) is 13.1. The number of sulfonamides is 1. The van der Waals surface area contributed by atoms with Crippen LogP contribution in [-0.4, -0.2) is 26.9 Å². The molecule has 2 rings (SSSR count). The summed E-state index contributed by atoms with van der Waals surface area (Å²) < 4.78 is 44.5. The van der Waals surface area contributed by atoms with Gasteiger partial charge in [0.25, 0.3) is 0 Å². The summed E-state index contributed by atoms with van der Waals surface area (Å²) in [7, 11) is -3.61. The van der Waals surface area contributed by atoms with Crippen LogP contribution in [0.5, 0.6) is 0 Å². The largest absolute Gasteiger partial charge is 0.399 e. The Kier molecular flexibility index (Phi) is 3.72. The van der Waals surface area contributed by atoms with Gasteiger partial charge in [-0.3, -0.25) is 4.72 Å². The maximum absolute atomic E-state index is 13.5. The zero-order valence-corrected chi connectivity index (χ0v) is 10.5. The highest BCUT2D eigenvalue weighted by molar-refractivity contribution is 7.92. The Hall–Kier alpha value is -1.34. The van der Waals surface area contributed by atoms with Gasteiger partial charge in [-0.1, -0.05) is 0 Å². The SMILES string of the molecule is Nc1ccc(NS(=O)(=O)CC2CCCO2)c(F)c1. The van der Waals surface area contributed by atoms with E-state index in [2.05, 4.69) is 4.72 Å². The molecule has 18 heavy (non-hydrogen) atoms. The van der Waals surface area contributed by atoms with Crippen LogP contribution in [0.25, 0.3) is 0 Å². The van der Waals surface area contributed by atoms with Crippen molar-refractivity contribution in [3.05, 3.63) is 24.0 Å². The number of ether oxygens (including phenoxy) is 1. The predicted octanol–water partition coefficient (Wildman–Crippen LogP) is 1.33. The fourth-order valence-corrected chi connectivity index (χ4v) is 3.18. The van der Waals surface area contributed by atoms with Crippen molar-refractivity contribution in [2.75, 3.05) is 22.8 Å². The third-order valence-corrected chi connectivity index (χ3v) is 4.03. The lowest BCUT2D eigenvalue weighted by Crippen LogP contribution is -2.26. The zero-order valence-electron chi connectivity index (χ0n) is 9.73. The zero-order chi connectivity index (χ0) is 13.2. The van der Waals surface area contributed by atoms with Crippen molar-refractivity contribution < 1.29 is 17.5 Å². The van der Waals surface area contributed by atoms with Gasteiger partial charge in [0.1, 0.15) is 5.82 Å². The quantitative estimate of drug-likeness (QED) is 0.812. The minimum atomic E-state index is -3.61. The molecular formula is C11H15FN2O3S. The molecule has 1 saturated heterocycles. The number of hydrogen-bond acceptors (Lipinski definition) is 4. The van der Waals surface area contributed by atoms with E-state index in [0.717, 1.165) is 12.5 Å². The molecule has 1 unspecified atom stereocenters. The summed E-state index contributed by atoms with van der Waals surface area (Å²) in [6, 6.07) is 3.81. The number of benzene rings is 1. The van der Waals surface area contributed by atoms with Crippen LogP contribution in [0.3, 0.4) is 0 Å². The van der Waals surface area contributed by atoms with Crippen LogP contribution in [0.15, 0.2) is 18.2 Å². The molecule has 0 amide bonds. The van der Waals surface area contributed by atoms with Crippen LogP contribution in [0.2, 0.25) is 0 Å². The molecule has 0 saturated carbocycles. The van der Waals surface area contributed by atoms with E-state index in [4.69, 9.17) is 10.5 Å². The fraction of sp³-hybridized carbons (Fsp3) is 0.455. The standard InChI is InChI=1S/C11H15FN2O3S/c12-10-6-8(13)3-4-11(10)14-18(15,16)7-9-2-1-5-17-9/h3-4,6,9,14H,1-2,5,7,13H2. The first-order valence-electron chi connectivity index (χ1n) is 5.63. The van der Waals surface area contributed by atoms with Gasteiger partial charge in [-0.15, -0.1) is 0 Å². The molecule has 0 radical (unpaired) electrons. The number of nitrogens with two attached hydrogens (primary N) is 1. The Morgan fingerprint density at radius 2 is 2.28 bits per heavy atom. The van der Waals surface area contributed by atoms with Gasteiger partial charge < -0.3 is 10.5 Å². The minimum Gasteiger partial charge on any atom is -0.399 e. The minimum absolute atomic E-state index is 0.0952. The van der Waals surface area contributed by atoms with E-state index >= 15 is 0 Å². The monoisotopic (exact) mass is 274 g/mol. The number of rotatable bonds is 4. The smallest absolute Gasteiger partial charge is 0.235 e. The lowest BCUT2D eigenvalue weighted by molar-refractivity contribution is 0.127. The summed E-state index contributed by atoms with van der Waals surface area (Å²) in [6.45, 7) is 0.580. The lowest BCUT2D eigenvalue weighted by atomic mass is 10.3. The number of hydrogen-bond donors (Lipinski definition) is 2. The van der Waals surface area contributed by atoms with Crippen LogP contribution in [0, 0.1) is 5.82 Å². The van der Waals surface area contributed by atoms with E-state index in [1.807, 2.05) is 0 Å². The summed E-state index contributed by atoms with van der Waals surface area (Å²) in [4.78, 5) is 0. The highest BCUT2D eigenvalue weighted by Crippen LogP contribution is 2.20. The Morgan fingerprint density at radius 3 is 2.89 bits per heavy atom. The average Bonchev–Trinajstić information content (AvgIpc) is 2.74. The van der Waals surface area contributed by atoms with Crippen molar-refractivity contribution in [3.63, 3.8) is 0 Å². The van der Waals surface area contributed by atoms with Crippen molar-refractivity contribution in [1.82, 2.24) is 0 Å². The highest BCUT2D eigenvalue weighted by atomic mass is 32.2. The van der Waals surface area contributed by atoms with E-state index in [1.165, 1.54) is 12.1 Å². The van der Waals surface area contributed by atoms with Crippen molar-refractivity contribution in [2.24, 2.45) is 0 Å². The molecule has 100 valence electrons. The van der Waals surface area contributed by atoms with Gasteiger partial charge in [-0.2, -0.15) is 0 Å². The number of nitrogen functional groups attached to an aromatic ring is 1. The number of halogens is 1. The van der Waals surface area contributed by atoms with Crippen LogP contribution >= 0.6 is 0 Å². The molecule has 1 aromatic carbocycles. The Balaban J connectivity index is 2.07. The lowest BCUT2D eigenvalue weighted by Gasteiger charge is -2.12. The van der Waals surface area contributed by atoms with Gasteiger partial charge >= 0.3 is 0 Å². The van der Waals surface area contributed by atoms with Crippen molar-refractivity contribution in [3.8, 4) is 0 Å². The number of nitrogens with one attached hydrogen (secondary N) is 1. The summed E-state index contributed by atoms with van der Waals surface area (Å²) in [5.74, 6) is -0.845. The molecule has 0 aromatic heterocycles. The molecule has 0 spiro atoms. The Morgan fingerprint density at radius 1 is 1.50 bits per heavy atom. The van der Waals surface area contributed by atoms with Crippen molar-refractivity contribution in [1.29, 1.82) is 0 Å². The maximum Gasteiger partial charge on any atom is 0.235 e. The third kappa shape index (κ3) is 3.33. The van der Waals surface area contributed by atoms with E-state index < -0.39 is 15.8 Å². The van der Waals surface area contributed by atoms with E-state index in [-0.39, 0.29) is 23.2 Å². The molecular weight excluding hydrogens is 259 g/mol. The summed E-state index contributed by atoms with van der Waals surface area (Å²) in [6.07, 6.45) is 1.26. The van der Waals surface area contributed by atoms with Gasteiger partial charge in [-0.05, 0) is 31.0 Å². The topological polar surface area (TPSA) is 81.4 Å². The third-order valence-electron chi connectivity index (χ3n) is 2.69. The molecule has 1 aromatic rings. The second-order valence-corrected chi connectivity index (χ2v) is 6.02. The van der Waals surface area contributed by atoms with Gasteiger partial charge in [0, 0.05) is 12.3 Å². The Bertz CT molecular complexity index is 527. The summed E-state index contributed by atoms with van der Waals surface area (Å²) in [5, 5.41) is 0. The second-order valence-electron chi connectivity index (χ2n) is 4.26. The summed E-state index contributed by atoms with van der Waals surface area (Å²) in [5.41, 5.74) is 5.54. The van der Waals surface area contributed by atoms with Crippen molar-refractivity contribution in [2.45, 2.75) is 18.9 Å². The Labute approximate surface area is 105 Å².